The molecule has 1 atom stereocenters. The summed E-state index contributed by atoms with van der Waals surface area (Å²) in [6.45, 7) is 5.63. The van der Waals surface area contributed by atoms with Gasteiger partial charge in [-0.3, -0.25) is 4.90 Å². The number of hydrogen-bond acceptors (Lipinski definition) is 4. The molecule has 1 aliphatic heterocycles. The number of thiazole rings is 1. The Hall–Kier alpha value is -0.450. The predicted molar refractivity (Wildman–Crippen MR) is 64.2 cm³/mol. The second-order valence-corrected chi connectivity index (χ2v) is 5.28. The van der Waals surface area contributed by atoms with E-state index < -0.39 is 0 Å². The van der Waals surface area contributed by atoms with Gasteiger partial charge in [0, 0.05) is 36.8 Å². The number of nitrogens with one attached hydrogen (secondary N) is 1. The Labute approximate surface area is 95.5 Å². The van der Waals surface area contributed by atoms with Gasteiger partial charge in [0.1, 0.15) is 0 Å². The summed E-state index contributed by atoms with van der Waals surface area (Å²) < 4.78 is 0. The summed E-state index contributed by atoms with van der Waals surface area (Å²) in [5, 5.41) is 4.60. The molecule has 2 rings (SSSR count). The molecule has 1 saturated heterocycles. The molecular weight excluding hydrogens is 206 g/mol. The van der Waals surface area contributed by atoms with Crippen LogP contribution in [0.1, 0.15) is 23.2 Å². The number of likely N-dealkylation sites (N-methyl/N-ethyl adjacent to an activating group) is 1. The van der Waals surface area contributed by atoms with E-state index in [4.69, 9.17) is 0 Å². The number of nitrogens with zero attached hydrogens (tertiary/aromatic N) is 2. The number of aryl methyl sites for hydroxylation is 1. The molecule has 15 heavy (non-hydrogen) atoms. The lowest BCUT2D eigenvalue weighted by Gasteiger charge is -2.13. The first-order valence-electron chi connectivity index (χ1n) is 5.65. The van der Waals surface area contributed by atoms with Crippen LogP contribution in [0.5, 0.6) is 0 Å². The first-order valence-corrected chi connectivity index (χ1v) is 6.46. The molecule has 0 amide bonds. The Morgan fingerprint density at radius 2 is 2.53 bits per heavy atom. The lowest BCUT2D eigenvalue weighted by Crippen LogP contribution is -2.29. The van der Waals surface area contributed by atoms with Gasteiger partial charge >= 0.3 is 0 Å². The number of hydrogen-bond donors (Lipinski definition) is 1. The molecule has 0 aliphatic carbocycles. The third-order valence-corrected chi connectivity index (χ3v) is 4.09. The average molecular weight is 225 g/mol. The SMILES string of the molecule is CCc1ncc(CN2CCC(NC)C2)s1. The minimum absolute atomic E-state index is 0.684. The Bertz CT molecular complexity index is 311. The van der Waals surface area contributed by atoms with Gasteiger partial charge in [-0.15, -0.1) is 11.3 Å². The topological polar surface area (TPSA) is 28.2 Å². The van der Waals surface area contributed by atoms with Gasteiger partial charge < -0.3 is 5.32 Å². The largest absolute Gasteiger partial charge is 0.316 e. The molecule has 0 spiro atoms. The minimum Gasteiger partial charge on any atom is -0.316 e. The molecule has 0 radical (unpaired) electrons. The highest BCUT2D eigenvalue weighted by molar-refractivity contribution is 7.11. The van der Waals surface area contributed by atoms with Gasteiger partial charge in [-0.05, 0) is 19.9 Å². The molecule has 84 valence electrons. The van der Waals surface area contributed by atoms with Crippen molar-refractivity contribution in [1.29, 1.82) is 0 Å². The molecule has 4 heteroatoms. The zero-order valence-electron chi connectivity index (χ0n) is 9.49. The molecule has 1 unspecified atom stereocenters. The third-order valence-electron chi connectivity index (χ3n) is 2.96. The molecule has 2 heterocycles. The van der Waals surface area contributed by atoms with Crippen molar-refractivity contribution >= 4 is 11.3 Å². The number of aromatic nitrogens is 1. The number of rotatable bonds is 4. The van der Waals surface area contributed by atoms with E-state index >= 15 is 0 Å². The summed E-state index contributed by atoms with van der Waals surface area (Å²) in [5.74, 6) is 0. The van der Waals surface area contributed by atoms with Crippen LogP contribution in [0.15, 0.2) is 6.20 Å². The molecular formula is C11H19N3S. The molecule has 1 N–H and O–H groups in total. The summed E-state index contributed by atoms with van der Waals surface area (Å²) in [4.78, 5) is 8.31. The van der Waals surface area contributed by atoms with Crippen LogP contribution in [0.3, 0.4) is 0 Å². The Morgan fingerprint density at radius 1 is 1.67 bits per heavy atom. The fourth-order valence-electron chi connectivity index (χ4n) is 2.02. The molecule has 0 bridgehead atoms. The van der Waals surface area contributed by atoms with Crippen molar-refractivity contribution in [2.75, 3.05) is 20.1 Å². The zero-order valence-corrected chi connectivity index (χ0v) is 10.3. The van der Waals surface area contributed by atoms with Crippen LogP contribution >= 0.6 is 11.3 Å². The molecule has 0 aromatic carbocycles. The Morgan fingerprint density at radius 3 is 3.13 bits per heavy atom. The van der Waals surface area contributed by atoms with Crippen LogP contribution in [0.25, 0.3) is 0 Å². The van der Waals surface area contributed by atoms with Gasteiger partial charge in [0.15, 0.2) is 0 Å². The molecule has 1 aliphatic rings. The Balaban J connectivity index is 1.87. The predicted octanol–water partition coefficient (Wildman–Crippen LogP) is 1.50. The van der Waals surface area contributed by atoms with E-state index in [9.17, 15) is 0 Å². The van der Waals surface area contributed by atoms with E-state index in [1.165, 1.54) is 29.4 Å². The van der Waals surface area contributed by atoms with E-state index in [0.717, 1.165) is 13.0 Å². The maximum absolute atomic E-state index is 4.39. The fourth-order valence-corrected chi connectivity index (χ4v) is 2.92. The van der Waals surface area contributed by atoms with Crippen LogP contribution in [0.2, 0.25) is 0 Å². The monoisotopic (exact) mass is 225 g/mol. The standard InChI is InChI=1S/C11H19N3S/c1-3-11-13-6-10(15-11)8-14-5-4-9(7-14)12-2/h6,9,12H,3-5,7-8H2,1-2H3. The van der Waals surface area contributed by atoms with Crippen molar-refractivity contribution in [3.05, 3.63) is 16.1 Å². The molecule has 1 fully saturated rings. The van der Waals surface area contributed by atoms with Crippen molar-refractivity contribution in [1.82, 2.24) is 15.2 Å². The second-order valence-electron chi connectivity index (χ2n) is 4.08. The highest BCUT2D eigenvalue weighted by atomic mass is 32.1. The second kappa shape index (κ2) is 5.05. The van der Waals surface area contributed by atoms with Crippen molar-refractivity contribution in [2.24, 2.45) is 0 Å². The summed E-state index contributed by atoms with van der Waals surface area (Å²) in [6.07, 6.45) is 4.37. The number of likely N-dealkylation sites (tertiary alicyclic amines) is 1. The molecule has 1 aromatic rings. The highest BCUT2D eigenvalue weighted by Crippen LogP contribution is 2.18. The van der Waals surface area contributed by atoms with Gasteiger partial charge in [-0.1, -0.05) is 6.92 Å². The first-order chi connectivity index (χ1) is 7.31. The van der Waals surface area contributed by atoms with Crippen molar-refractivity contribution in [3.63, 3.8) is 0 Å². The quantitative estimate of drug-likeness (QED) is 0.841. The van der Waals surface area contributed by atoms with Crippen LogP contribution < -0.4 is 5.32 Å². The normalized spacial score (nSPS) is 22.4. The van der Waals surface area contributed by atoms with Gasteiger partial charge in [0.25, 0.3) is 0 Å². The van der Waals surface area contributed by atoms with Crippen LogP contribution in [-0.2, 0) is 13.0 Å². The van der Waals surface area contributed by atoms with Gasteiger partial charge in [-0.25, -0.2) is 4.98 Å². The van der Waals surface area contributed by atoms with Gasteiger partial charge in [-0.2, -0.15) is 0 Å². The maximum Gasteiger partial charge on any atom is 0.0925 e. The van der Waals surface area contributed by atoms with E-state index in [0.29, 0.717) is 6.04 Å². The Kier molecular flexibility index (Phi) is 3.72. The molecule has 0 saturated carbocycles. The van der Waals surface area contributed by atoms with E-state index in [-0.39, 0.29) is 0 Å². The lowest BCUT2D eigenvalue weighted by atomic mass is 10.3. The van der Waals surface area contributed by atoms with E-state index in [2.05, 4.69) is 29.2 Å². The molecule has 3 nitrogen and oxygen atoms in total. The van der Waals surface area contributed by atoms with Crippen molar-refractivity contribution < 1.29 is 0 Å². The zero-order chi connectivity index (χ0) is 10.7. The smallest absolute Gasteiger partial charge is 0.0925 e. The van der Waals surface area contributed by atoms with E-state index in [1.807, 2.05) is 17.5 Å². The summed E-state index contributed by atoms with van der Waals surface area (Å²) >= 11 is 1.86. The van der Waals surface area contributed by atoms with Crippen LogP contribution in [0.4, 0.5) is 0 Å². The minimum atomic E-state index is 0.684. The third kappa shape index (κ3) is 2.77. The summed E-state index contributed by atoms with van der Waals surface area (Å²) in [6, 6.07) is 0.684. The maximum atomic E-state index is 4.39. The van der Waals surface area contributed by atoms with Crippen molar-refractivity contribution in [3.8, 4) is 0 Å². The van der Waals surface area contributed by atoms with E-state index in [1.54, 1.807) is 0 Å². The first kappa shape index (κ1) is 11.0. The lowest BCUT2D eigenvalue weighted by molar-refractivity contribution is 0.325. The van der Waals surface area contributed by atoms with Gasteiger partial charge in [0.2, 0.25) is 0 Å². The fraction of sp³-hybridized carbons (Fsp3) is 0.727. The average Bonchev–Trinajstić information content (AvgIpc) is 2.87. The summed E-state index contributed by atoms with van der Waals surface area (Å²) in [7, 11) is 2.05. The highest BCUT2D eigenvalue weighted by Gasteiger charge is 2.21. The molecule has 1 aromatic heterocycles. The van der Waals surface area contributed by atoms with Crippen molar-refractivity contribution in [2.45, 2.75) is 32.4 Å². The van der Waals surface area contributed by atoms with Crippen LogP contribution in [-0.4, -0.2) is 36.1 Å². The van der Waals surface area contributed by atoms with Gasteiger partial charge in [0.05, 0.1) is 5.01 Å². The van der Waals surface area contributed by atoms with Crippen LogP contribution in [0, 0.1) is 0 Å². The summed E-state index contributed by atoms with van der Waals surface area (Å²) in [5.41, 5.74) is 0.